The third kappa shape index (κ3) is 6.52. The fourth-order valence-corrected chi connectivity index (χ4v) is 3.50. The highest BCUT2D eigenvalue weighted by molar-refractivity contribution is 5.75. The van der Waals surface area contributed by atoms with Gasteiger partial charge in [0.1, 0.15) is 18.0 Å². The molecule has 1 fully saturated rings. The average molecular weight is 460 g/mol. The number of aliphatic hydroxyl groups excluding tert-OH is 1. The zero-order chi connectivity index (χ0) is 23.8. The highest BCUT2D eigenvalue weighted by Gasteiger charge is 2.52. The summed E-state index contributed by atoms with van der Waals surface area (Å²) in [6.07, 6.45) is -6.17. The summed E-state index contributed by atoms with van der Waals surface area (Å²) >= 11 is 0. The fourth-order valence-electron chi connectivity index (χ4n) is 3.50. The summed E-state index contributed by atoms with van der Waals surface area (Å²) in [5.74, 6) is -0.695. The van der Waals surface area contributed by atoms with Crippen molar-refractivity contribution in [3.63, 3.8) is 0 Å². The van der Waals surface area contributed by atoms with Crippen molar-refractivity contribution in [2.24, 2.45) is 0 Å². The van der Waals surface area contributed by atoms with Gasteiger partial charge in [0.25, 0.3) is 0 Å². The van der Waals surface area contributed by atoms with Crippen LogP contribution in [0.25, 0.3) is 0 Å². The van der Waals surface area contributed by atoms with Crippen molar-refractivity contribution in [3.05, 3.63) is 65.7 Å². The monoisotopic (exact) mass is 460 g/mol. The average Bonchev–Trinajstić information content (AvgIpc) is 2.83. The minimum atomic E-state index is -1.61. The van der Waals surface area contributed by atoms with Crippen LogP contribution in [0.2, 0.25) is 0 Å². The van der Waals surface area contributed by atoms with E-state index >= 15 is 0 Å². The third-order valence-corrected chi connectivity index (χ3v) is 5.14. The molecule has 2 aromatic rings. The van der Waals surface area contributed by atoms with E-state index in [1.807, 2.05) is 42.5 Å². The van der Waals surface area contributed by atoms with Crippen LogP contribution in [0.5, 0.6) is 5.75 Å². The Hall–Kier alpha value is -2.98. The van der Waals surface area contributed by atoms with Crippen molar-refractivity contribution in [3.8, 4) is 5.75 Å². The van der Waals surface area contributed by atoms with Gasteiger partial charge in [0, 0.05) is 6.92 Å². The van der Waals surface area contributed by atoms with Crippen LogP contribution < -0.4 is 4.74 Å². The fraction of sp³-hybridized carbons (Fsp3) is 0.417. The summed E-state index contributed by atoms with van der Waals surface area (Å²) in [6, 6.07) is 16.5. The maximum Gasteiger partial charge on any atom is 0.337 e. The number of carbonyl (C=O) groups excluding carboxylic acids is 2. The van der Waals surface area contributed by atoms with E-state index in [0.29, 0.717) is 5.75 Å². The molecular weight excluding hydrogens is 432 g/mol. The van der Waals surface area contributed by atoms with Crippen LogP contribution in [0.1, 0.15) is 18.1 Å². The molecule has 3 rings (SSSR count). The Kier molecular flexibility index (Phi) is 8.79. The molecule has 0 amide bonds. The number of hydrogen-bond acceptors (Lipinski definition) is 9. The Labute approximate surface area is 192 Å². The molecule has 1 N–H and O–H groups in total. The van der Waals surface area contributed by atoms with Crippen molar-refractivity contribution in [2.75, 3.05) is 14.2 Å². The van der Waals surface area contributed by atoms with Crippen LogP contribution in [0, 0.1) is 0 Å². The Morgan fingerprint density at radius 3 is 2.06 bits per heavy atom. The molecule has 1 aliphatic rings. The molecule has 33 heavy (non-hydrogen) atoms. The van der Waals surface area contributed by atoms with Crippen molar-refractivity contribution in [1.82, 2.24) is 0 Å². The first-order valence-electron chi connectivity index (χ1n) is 10.4. The van der Waals surface area contributed by atoms with Crippen LogP contribution >= 0.6 is 0 Å². The second-order valence-corrected chi connectivity index (χ2v) is 7.43. The summed E-state index contributed by atoms with van der Waals surface area (Å²) in [4.78, 5) is 24.2. The largest absolute Gasteiger partial charge is 0.497 e. The minimum Gasteiger partial charge on any atom is -0.497 e. The van der Waals surface area contributed by atoms with Gasteiger partial charge in [0.15, 0.2) is 18.5 Å². The Morgan fingerprint density at radius 1 is 0.879 bits per heavy atom. The third-order valence-electron chi connectivity index (χ3n) is 5.14. The van der Waals surface area contributed by atoms with Crippen LogP contribution in [-0.4, -0.2) is 62.0 Å². The quantitative estimate of drug-likeness (QED) is 0.562. The molecular formula is C24H28O9. The molecule has 0 radical (unpaired) electrons. The van der Waals surface area contributed by atoms with Gasteiger partial charge in [0.2, 0.25) is 0 Å². The zero-order valence-corrected chi connectivity index (χ0v) is 18.7. The molecule has 0 saturated carbocycles. The summed E-state index contributed by atoms with van der Waals surface area (Å²) in [6.45, 7) is 1.44. The summed E-state index contributed by atoms with van der Waals surface area (Å²) in [7, 11) is 2.78. The zero-order valence-electron chi connectivity index (χ0n) is 18.7. The van der Waals surface area contributed by atoms with Crippen molar-refractivity contribution in [2.45, 2.75) is 50.8 Å². The standard InChI is InChI=1S/C24H28O9/c1-15(25)32-22-20(30-13-16-7-5-4-6-8-16)19(21(23(26)29-3)33-24(22)27)31-14-17-9-11-18(28-2)12-10-17/h4-12,19-22,24,27H,13-14H2,1-3H3/t19-,20-,21+,22+,24-/m0/s1. The van der Waals surface area contributed by atoms with E-state index < -0.39 is 42.6 Å². The Balaban J connectivity index is 1.86. The minimum absolute atomic E-state index is 0.0968. The molecule has 9 heteroatoms. The van der Waals surface area contributed by atoms with Crippen molar-refractivity contribution >= 4 is 11.9 Å². The van der Waals surface area contributed by atoms with Crippen LogP contribution in [0.4, 0.5) is 0 Å². The van der Waals surface area contributed by atoms with E-state index in [4.69, 9.17) is 28.4 Å². The second kappa shape index (κ2) is 11.8. The number of rotatable bonds is 9. The van der Waals surface area contributed by atoms with Gasteiger partial charge in [-0.05, 0) is 23.3 Å². The first-order chi connectivity index (χ1) is 15.9. The van der Waals surface area contributed by atoms with Crippen molar-refractivity contribution in [1.29, 1.82) is 0 Å². The van der Waals surface area contributed by atoms with Gasteiger partial charge in [-0.1, -0.05) is 42.5 Å². The number of benzene rings is 2. The molecule has 0 aliphatic carbocycles. The lowest BCUT2D eigenvalue weighted by molar-refractivity contribution is -0.301. The van der Waals surface area contributed by atoms with Crippen LogP contribution in [0.3, 0.4) is 0 Å². The SMILES string of the molecule is COC(=O)[C@@H]1O[C@H](O)[C@H](OC(C)=O)[C@@H](OCc2ccccc2)[C@@H]1OCc1ccc(OC)cc1. The van der Waals surface area contributed by atoms with Gasteiger partial charge >= 0.3 is 11.9 Å². The maximum atomic E-state index is 12.4. The second-order valence-electron chi connectivity index (χ2n) is 7.43. The summed E-state index contributed by atoms with van der Waals surface area (Å²) in [5, 5.41) is 10.5. The molecule has 1 aliphatic heterocycles. The lowest BCUT2D eigenvalue weighted by Crippen LogP contribution is -2.62. The number of carbonyl (C=O) groups is 2. The van der Waals surface area contributed by atoms with Gasteiger partial charge < -0.3 is 33.5 Å². The Bertz CT molecular complexity index is 900. The molecule has 1 heterocycles. The van der Waals surface area contributed by atoms with E-state index in [-0.39, 0.29) is 13.2 Å². The number of esters is 2. The topological polar surface area (TPSA) is 110 Å². The first kappa shape index (κ1) is 24.7. The van der Waals surface area contributed by atoms with E-state index in [1.54, 1.807) is 19.2 Å². The first-order valence-corrected chi connectivity index (χ1v) is 10.4. The number of aliphatic hydroxyl groups is 1. The molecule has 178 valence electrons. The summed E-state index contributed by atoms with van der Waals surface area (Å²) in [5.41, 5.74) is 1.65. The highest BCUT2D eigenvalue weighted by atomic mass is 16.7. The molecule has 0 spiro atoms. The van der Waals surface area contributed by atoms with Gasteiger partial charge in [-0.15, -0.1) is 0 Å². The molecule has 1 saturated heterocycles. The van der Waals surface area contributed by atoms with E-state index in [0.717, 1.165) is 11.1 Å². The molecule has 5 atom stereocenters. The van der Waals surface area contributed by atoms with Crippen LogP contribution in [0.15, 0.2) is 54.6 Å². The van der Waals surface area contributed by atoms with Gasteiger partial charge in [0.05, 0.1) is 27.4 Å². The highest BCUT2D eigenvalue weighted by Crippen LogP contribution is 2.29. The Morgan fingerprint density at radius 2 is 1.48 bits per heavy atom. The van der Waals surface area contributed by atoms with Crippen molar-refractivity contribution < 1.29 is 43.1 Å². The molecule has 2 aromatic carbocycles. The number of hydrogen-bond donors (Lipinski definition) is 1. The predicted octanol–water partition coefficient (Wildman–Crippen LogP) is 1.99. The number of methoxy groups -OCH3 is 2. The van der Waals surface area contributed by atoms with E-state index in [9.17, 15) is 14.7 Å². The van der Waals surface area contributed by atoms with E-state index in [2.05, 4.69) is 0 Å². The number of ether oxygens (including phenoxy) is 6. The van der Waals surface area contributed by atoms with Crippen LogP contribution in [-0.2, 0) is 46.5 Å². The molecule has 0 unspecified atom stereocenters. The normalized spacial score (nSPS) is 24.7. The van der Waals surface area contributed by atoms with Gasteiger partial charge in [-0.25, -0.2) is 4.79 Å². The van der Waals surface area contributed by atoms with E-state index in [1.165, 1.54) is 14.0 Å². The molecule has 0 bridgehead atoms. The van der Waals surface area contributed by atoms with Gasteiger partial charge in [-0.2, -0.15) is 0 Å². The van der Waals surface area contributed by atoms with Gasteiger partial charge in [-0.3, -0.25) is 4.79 Å². The lowest BCUT2D eigenvalue weighted by atomic mass is 9.97. The summed E-state index contributed by atoms with van der Waals surface area (Å²) < 4.78 is 32.8. The maximum absolute atomic E-state index is 12.4. The molecule has 0 aromatic heterocycles. The molecule has 9 nitrogen and oxygen atoms in total. The smallest absolute Gasteiger partial charge is 0.337 e. The lowest BCUT2D eigenvalue weighted by Gasteiger charge is -2.42. The predicted molar refractivity (Wildman–Crippen MR) is 115 cm³/mol.